The molecule has 0 unspecified atom stereocenters. The van der Waals surface area contributed by atoms with Gasteiger partial charge in [-0.05, 0) is 25.2 Å². The molecule has 0 N–H and O–H groups in total. The Morgan fingerprint density at radius 2 is 2.00 bits per heavy atom. The van der Waals surface area contributed by atoms with Crippen LogP contribution in [0.5, 0.6) is 0 Å². The fraction of sp³-hybridized carbons (Fsp3) is 1.00. The van der Waals surface area contributed by atoms with E-state index in [9.17, 15) is 8.42 Å². The largest absolute Gasteiger partial charge is 0.385 e. The molecule has 0 aromatic rings. The van der Waals surface area contributed by atoms with Gasteiger partial charge in [0.05, 0.1) is 0 Å². The number of alkyl halides is 1. The Morgan fingerprint density at radius 3 is 2.47 bits per heavy atom. The highest BCUT2D eigenvalue weighted by molar-refractivity contribution is 7.90. The van der Waals surface area contributed by atoms with Gasteiger partial charge in [0.15, 0.2) is 0 Å². The molecule has 0 radical (unpaired) electrons. The summed E-state index contributed by atoms with van der Waals surface area (Å²) in [6, 6.07) is 0. The Hall–Kier alpha value is 0.160. The van der Waals surface area contributed by atoms with E-state index in [0.717, 1.165) is 25.9 Å². The number of halogens is 1. The molecular formula is C9H18ClNO3S. The molecule has 0 atom stereocenters. The van der Waals surface area contributed by atoms with Crippen molar-refractivity contribution >= 4 is 21.6 Å². The highest BCUT2D eigenvalue weighted by Crippen LogP contribution is 2.22. The van der Waals surface area contributed by atoms with Crippen LogP contribution in [-0.2, 0) is 14.8 Å². The van der Waals surface area contributed by atoms with Gasteiger partial charge in [-0.25, -0.2) is 12.7 Å². The van der Waals surface area contributed by atoms with Crippen LogP contribution in [0.4, 0.5) is 0 Å². The van der Waals surface area contributed by atoms with Gasteiger partial charge in [-0.1, -0.05) is 0 Å². The predicted molar refractivity (Wildman–Crippen MR) is 60.4 cm³/mol. The lowest BCUT2D eigenvalue weighted by molar-refractivity contribution is 0.158. The number of piperidine rings is 1. The third-order valence-electron chi connectivity index (χ3n) is 2.83. The summed E-state index contributed by atoms with van der Waals surface area (Å²) in [4.78, 5) is 0. The van der Waals surface area contributed by atoms with Crippen molar-refractivity contribution in [3.63, 3.8) is 0 Å². The summed E-state index contributed by atoms with van der Waals surface area (Å²) in [6.45, 7) is 1.96. The molecule has 0 aromatic carbocycles. The Labute approximate surface area is 96.6 Å². The summed E-state index contributed by atoms with van der Waals surface area (Å²) >= 11 is 5.40. The molecule has 0 spiro atoms. The molecule has 1 fully saturated rings. The van der Waals surface area contributed by atoms with Crippen molar-refractivity contribution in [2.24, 2.45) is 5.92 Å². The topological polar surface area (TPSA) is 46.6 Å². The van der Waals surface area contributed by atoms with Gasteiger partial charge in [0.25, 0.3) is 0 Å². The number of methoxy groups -OCH3 is 1. The number of hydrogen-bond donors (Lipinski definition) is 0. The Kier molecular flexibility index (Phi) is 5.32. The minimum Gasteiger partial charge on any atom is -0.385 e. The lowest BCUT2D eigenvalue weighted by atomic mass is 9.95. The first kappa shape index (κ1) is 13.2. The maximum Gasteiger partial charge on any atom is 0.228 e. The molecule has 1 heterocycles. The molecule has 1 aliphatic rings. The van der Waals surface area contributed by atoms with Crippen molar-refractivity contribution in [3.05, 3.63) is 0 Å². The molecule has 15 heavy (non-hydrogen) atoms. The highest BCUT2D eigenvalue weighted by Gasteiger charge is 2.26. The summed E-state index contributed by atoms with van der Waals surface area (Å²) in [6.07, 6.45) is 2.85. The first-order chi connectivity index (χ1) is 7.10. The Bertz CT molecular complexity index is 273. The summed E-state index contributed by atoms with van der Waals surface area (Å²) in [5.41, 5.74) is 0. The van der Waals surface area contributed by atoms with Crippen molar-refractivity contribution < 1.29 is 13.2 Å². The zero-order chi connectivity index (χ0) is 11.3. The number of nitrogens with zero attached hydrogens (tertiary/aromatic N) is 1. The highest BCUT2D eigenvalue weighted by atomic mass is 35.5. The molecule has 1 saturated heterocycles. The number of hydrogen-bond acceptors (Lipinski definition) is 3. The third kappa shape index (κ3) is 3.90. The predicted octanol–water partition coefficient (Wildman–Crippen LogP) is 1.26. The van der Waals surface area contributed by atoms with E-state index in [1.54, 1.807) is 7.11 Å². The average molecular weight is 256 g/mol. The van der Waals surface area contributed by atoms with E-state index < -0.39 is 10.0 Å². The zero-order valence-corrected chi connectivity index (χ0v) is 10.6. The molecule has 0 amide bonds. The van der Waals surface area contributed by atoms with Crippen LogP contribution < -0.4 is 0 Å². The summed E-state index contributed by atoms with van der Waals surface area (Å²) in [5.74, 6) is 0.590. The van der Waals surface area contributed by atoms with Gasteiger partial charge >= 0.3 is 0 Å². The lowest BCUT2D eigenvalue weighted by Gasteiger charge is -2.30. The van der Waals surface area contributed by atoms with Crippen LogP contribution in [0.2, 0.25) is 0 Å². The van der Waals surface area contributed by atoms with Gasteiger partial charge in [-0.2, -0.15) is 0 Å². The quantitative estimate of drug-likeness (QED) is 0.695. The van der Waals surface area contributed by atoms with Gasteiger partial charge < -0.3 is 4.74 Å². The van der Waals surface area contributed by atoms with Gasteiger partial charge in [-0.15, -0.1) is 11.6 Å². The molecule has 0 saturated carbocycles. The first-order valence-corrected chi connectivity index (χ1v) is 7.27. The van der Waals surface area contributed by atoms with E-state index in [4.69, 9.17) is 16.3 Å². The summed E-state index contributed by atoms with van der Waals surface area (Å²) in [7, 11) is -1.51. The minimum atomic E-state index is -3.20. The van der Waals surface area contributed by atoms with E-state index in [1.165, 1.54) is 4.31 Å². The molecule has 0 aliphatic carbocycles. The summed E-state index contributed by atoms with van der Waals surface area (Å²) < 4.78 is 29.4. The van der Waals surface area contributed by atoms with Crippen LogP contribution in [0, 0.1) is 5.92 Å². The third-order valence-corrected chi connectivity index (χ3v) is 5.09. The van der Waals surface area contributed by atoms with Crippen LogP contribution in [0.1, 0.15) is 19.3 Å². The minimum absolute atomic E-state index is 0.310. The molecule has 90 valence electrons. The monoisotopic (exact) mass is 255 g/mol. The second-order valence-corrected chi connectivity index (χ2v) is 6.40. The van der Waals surface area contributed by atoms with E-state index in [0.29, 0.717) is 19.0 Å². The van der Waals surface area contributed by atoms with Crippen molar-refractivity contribution in [3.8, 4) is 0 Å². The fourth-order valence-corrected chi connectivity index (χ4v) is 3.15. The van der Waals surface area contributed by atoms with Crippen LogP contribution in [0.3, 0.4) is 0 Å². The molecular weight excluding hydrogens is 238 g/mol. The lowest BCUT2D eigenvalue weighted by Crippen LogP contribution is -2.39. The maximum atomic E-state index is 11.4. The van der Waals surface area contributed by atoms with Gasteiger partial charge in [0.1, 0.15) is 5.21 Å². The number of sulfonamides is 1. The maximum absolute atomic E-state index is 11.4. The van der Waals surface area contributed by atoms with Crippen molar-refractivity contribution in [1.82, 2.24) is 4.31 Å². The number of ether oxygens (including phenoxy) is 1. The molecule has 0 aromatic heterocycles. The van der Waals surface area contributed by atoms with Crippen LogP contribution >= 0.6 is 11.6 Å². The van der Waals surface area contributed by atoms with E-state index >= 15 is 0 Å². The molecule has 0 bridgehead atoms. The molecule has 1 aliphatic heterocycles. The van der Waals surface area contributed by atoms with E-state index in [-0.39, 0.29) is 5.21 Å². The SMILES string of the molecule is COCCC1CCN(S(=O)(=O)CCl)CC1. The Balaban J connectivity index is 2.36. The zero-order valence-electron chi connectivity index (χ0n) is 8.99. The molecule has 4 nitrogen and oxygen atoms in total. The normalized spacial score (nSPS) is 20.7. The van der Waals surface area contributed by atoms with Crippen molar-refractivity contribution in [2.45, 2.75) is 19.3 Å². The van der Waals surface area contributed by atoms with Crippen LogP contribution in [0.25, 0.3) is 0 Å². The van der Waals surface area contributed by atoms with Gasteiger partial charge in [-0.3, -0.25) is 0 Å². The second kappa shape index (κ2) is 6.03. The fourth-order valence-electron chi connectivity index (χ4n) is 1.83. The van der Waals surface area contributed by atoms with Crippen molar-refractivity contribution in [2.75, 3.05) is 32.0 Å². The standard InChI is InChI=1S/C9H18ClNO3S/c1-14-7-4-9-2-5-11(6-3-9)15(12,13)8-10/h9H,2-8H2,1H3. The molecule has 6 heteroatoms. The average Bonchev–Trinajstić information content (AvgIpc) is 2.27. The molecule has 1 rings (SSSR count). The first-order valence-electron chi connectivity index (χ1n) is 5.13. The van der Waals surface area contributed by atoms with Gasteiger partial charge in [0.2, 0.25) is 10.0 Å². The van der Waals surface area contributed by atoms with Gasteiger partial charge in [0, 0.05) is 26.8 Å². The van der Waals surface area contributed by atoms with E-state index in [1.807, 2.05) is 0 Å². The van der Waals surface area contributed by atoms with Crippen molar-refractivity contribution in [1.29, 1.82) is 0 Å². The van der Waals surface area contributed by atoms with Crippen LogP contribution in [0.15, 0.2) is 0 Å². The number of rotatable bonds is 5. The second-order valence-electron chi connectivity index (χ2n) is 3.84. The van der Waals surface area contributed by atoms with E-state index in [2.05, 4.69) is 0 Å². The van der Waals surface area contributed by atoms with Crippen LogP contribution in [-0.4, -0.2) is 44.7 Å². The Morgan fingerprint density at radius 1 is 1.40 bits per heavy atom. The smallest absolute Gasteiger partial charge is 0.228 e. The summed E-state index contributed by atoms with van der Waals surface area (Å²) in [5, 5.41) is -0.310.